The quantitative estimate of drug-likeness (QED) is 0.503. The lowest BCUT2D eigenvalue weighted by molar-refractivity contribution is -0.148. The van der Waals surface area contributed by atoms with Gasteiger partial charge in [-0.05, 0) is 36.6 Å². The number of benzene rings is 2. The first kappa shape index (κ1) is 23.8. The molecule has 0 saturated heterocycles. The lowest BCUT2D eigenvalue weighted by atomic mass is 10.0. The molecule has 0 unspecified atom stereocenters. The number of hydrogen-bond acceptors (Lipinski definition) is 7. The van der Waals surface area contributed by atoms with E-state index in [4.69, 9.17) is 14.2 Å². The van der Waals surface area contributed by atoms with Crippen LogP contribution in [0.5, 0.6) is 11.5 Å². The SMILES string of the molecule is COc1cc(OC)cc(C(=O)N[C@H](C(=O)OCc2nc3c(C)cccc3c(=O)[nH]2)C(C)C)c1. The minimum Gasteiger partial charge on any atom is -0.497 e. The fourth-order valence-corrected chi connectivity index (χ4v) is 3.31. The van der Waals surface area contributed by atoms with Crippen LogP contribution >= 0.6 is 0 Å². The maximum absolute atomic E-state index is 12.8. The molecule has 1 heterocycles. The second-order valence-corrected chi connectivity index (χ2v) is 7.89. The zero-order valence-electron chi connectivity index (χ0n) is 19.2. The van der Waals surface area contributed by atoms with Gasteiger partial charge in [0, 0.05) is 11.6 Å². The van der Waals surface area contributed by atoms with E-state index in [2.05, 4.69) is 15.3 Å². The van der Waals surface area contributed by atoms with Crippen molar-refractivity contribution in [2.45, 2.75) is 33.4 Å². The number of nitrogens with zero attached hydrogens (tertiary/aromatic N) is 1. The lowest BCUT2D eigenvalue weighted by Crippen LogP contribution is -2.45. The Hall–Kier alpha value is -3.88. The maximum atomic E-state index is 12.8. The number of aromatic nitrogens is 2. The molecule has 9 nitrogen and oxygen atoms in total. The number of aromatic amines is 1. The van der Waals surface area contributed by atoms with E-state index in [0.29, 0.717) is 22.4 Å². The molecule has 0 bridgehead atoms. The molecular weight excluding hydrogens is 426 g/mol. The summed E-state index contributed by atoms with van der Waals surface area (Å²) in [7, 11) is 2.97. The number of aryl methyl sites for hydroxylation is 1. The molecular formula is C24H27N3O6. The van der Waals surface area contributed by atoms with Crippen LogP contribution in [-0.2, 0) is 16.1 Å². The van der Waals surface area contributed by atoms with Crippen molar-refractivity contribution < 1.29 is 23.8 Å². The van der Waals surface area contributed by atoms with Crippen molar-refractivity contribution in [3.05, 3.63) is 63.7 Å². The predicted octanol–water partition coefficient (Wildman–Crippen LogP) is 2.75. The summed E-state index contributed by atoms with van der Waals surface area (Å²) in [6, 6.07) is 9.14. The second-order valence-electron chi connectivity index (χ2n) is 7.89. The van der Waals surface area contributed by atoms with Gasteiger partial charge in [-0.1, -0.05) is 26.0 Å². The molecule has 3 rings (SSSR count). The molecule has 0 fully saturated rings. The molecule has 3 aromatic rings. The highest BCUT2D eigenvalue weighted by atomic mass is 16.5. The van der Waals surface area contributed by atoms with E-state index in [-0.39, 0.29) is 29.5 Å². The van der Waals surface area contributed by atoms with E-state index in [1.807, 2.05) is 13.0 Å². The molecule has 33 heavy (non-hydrogen) atoms. The van der Waals surface area contributed by atoms with Gasteiger partial charge in [0.2, 0.25) is 0 Å². The smallest absolute Gasteiger partial charge is 0.329 e. The monoisotopic (exact) mass is 453 g/mol. The van der Waals surface area contributed by atoms with Gasteiger partial charge in [-0.2, -0.15) is 0 Å². The Bertz CT molecular complexity index is 1210. The Morgan fingerprint density at radius 3 is 2.36 bits per heavy atom. The average molecular weight is 453 g/mol. The van der Waals surface area contributed by atoms with Gasteiger partial charge in [0.05, 0.1) is 25.1 Å². The van der Waals surface area contributed by atoms with Crippen LogP contribution in [-0.4, -0.2) is 42.1 Å². The summed E-state index contributed by atoms with van der Waals surface area (Å²) in [5, 5.41) is 3.17. The van der Waals surface area contributed by atoms with Crippen LogP contribution in [0.25, 0.3) is 10.9 Å². The number of fused-ring (bicyclic) bond motifs is 1. The number of esters is 1. The predicted molar refractivity (Wildman–Crippen MR) is 123 cm³/mol. The highest BCUT2D eigenvalue weighted by molar-refractivity contribution is 5.97. The Balaban J connectivity index is 1.75. The molecule has 0 aliphatic rings. The first-order valence-corrected chi connectivity index (χ1v) is 10.4. The Kier molecular flexibility index (Phi) is 7.32. The van der Waals surface area contributed by atoms with Crippen LogP contribution in [0.15, 0.2) is 41.2 Å². The Morgan fingerprint density at radius 2 is 1.76 bits per heavy atom. The van der Waals surface area contributed by atoms with Crippen LogP contribution in [0.3, 0.4) is 0 Å². The molecule has 1 aromatic heterocycles. The summed E-state index contributed by atoms with van der Waals surface area (Å²) in [6.45, 7) is 5.20. The van der Waals surface area contributed by atoms with Gasteiger partial charge < -0.3 is 24.5 Å². The highest BCUT2D eigenvalue weighted by Gasteiger charge is 2.27. The van der Waals surface area contributed by atoms with Crippen molar-refractivity contribution >= 4 is 22.8 Å². The van der Waals surface area contributed by atoms with E-state index in [1.54, 1.807) is 44.2 Å². The third kappa shape index (κ3) is 5.49. The lowest BCUT2D eigenvalue weighted by Gasteiger charge is -2.21. The topological polar surface area (TPSA) is 120 Å². The molecule has 0 saturated carbocycles. The molecule has 2 aromatic carbocycles. The summed E-state index contributed by atoms with van der Waals surface area (Å²) in [5.41, 5.74) is 1.36. The van der Waals surface area contributed by atoms with Gasteiger partial charge in [0.15, 0.2) is 0 Å². The fraction of sp³-hybridized carbons (Fsp3) is 0.333. The summed E-state index contributed by atoms with van der Waals surface area (Å²) < 4.78 is 15.8. The van der Waals surface area contributed by atoms with Crippen LogP contribution in [0.1, 0.15) is 35.6 Å². The number of amides is 1. The van der Waals surface area contributed by atoms with E-state index in [9.17, 15) is 14.4 Å². The van der Waals surface area contributed by atoms with Crippen molar-refractivity contribution in [3.8, 4) is 11.5 Å². The van der Waals surface area contributed by atoms with Gasteiger partial charge in [0.25, 0.3) is 11.5 Å². The first-order chi connectivity index (χ1) is 15.7. The minimum absolute atomic E-state index is 0.224. The van der Waals surface area contributed by atoms with Crippen LogP contribution < -0.4 is 20.3 Å². The molecule has 174 valence electrons. The molecule has 2 N–H and O–H groups in total. The molecule has 1 atom stereocenters. The Morgan fingerprint density at radius 1 is 1.09 bits per heavy atom. The molecule has 9 heteroatoms. The number of methoxy groups -OCH3 is 2. The molecule has 0 radical (unpaired) electrons. The normalized spacial score (nSPS) is 11.8. The van der Waals surface area contributed by atoms with E-state index >= 15 is 0 Å². The van der Waals surface area contributed by atoms with Crippen LogP contribution in [0.2, 0.25) is 0 Å². The van der Waals surface area contributed by atoms with E-state index < -0.39 is 17.9 Å². The zero-order valence-corrected chi connectivity index (χ0v) is 19.2. The zero-order chi connectivity index (χ0) is 24.1. The maximum Gasteiger partial charge on any atom is 0.329 e. The largest absolute Gasteiger partial charge is 0.497 e. The van der Waals surface area contributed by atoms with Crippen molar-refractivity contribution in [2.24, 2.45) is 5.92 Å². The third-order valence-electron chi connectivity index (χ3n) is 5.16. The Labute approximate surface area is 191 Å². The second kappa shape index (κ2) is 10.2. The average Bonchev–Trinajstić information content (AvgIpc) is 2.80. The van der Waals surface area contributed by atoms with Gasteiger partial charge in [-0.25, -0.2) is 9.78 Å². The third-order valence-corrected chi connectivity index (χ3v) is 5.16. The number of carbonyl (C=O) groups excluding carboxylic acids is 2. The highest BCUT2D eigenvalue weighted by Crippen LogP contribution is 2.23. The van der Waals surface area contributed by atoms with Crippen molar-refractivity contribution in [1.82, 2.24) is 15.3 Å². The van der Waals surface area contributed by atoms with Gasteiger partial charge in [0.1, 0.15) is 30.0 Å². The first-order valence-electron chi connectivity index (χ1n) is 10.4. The summed E-state index contributed by atoms with van der Waals surface area (Å²) in [6.07, 6.45) is 0. The number of rotatable bonds is 8. The minimum atomic E-state index is -0.913. The summed E-state index contributed by atoms with van der Waals surface area (Å²) in [4.78, 5) is 45.0. The number of H-pyrrole nitrogens is 1. The standard InChI is InChI=1S/C24H27N3O6/c1-13(2)20(27-22(28)15-9-16(31-4)11-17(10-15)32-5)24(30)33-12-19-25-21-14(3)7-6-8-18(21)23(29)26-19/h6-11,13,20H,12H2,1-5H3,(H,27,28)(H,25,26,29)/t20-/m0/s1. The summed E-state index contributed by atoms with van der Waals surface area (Å²) in [5.74, 6) is -0.243. The van der Waals surface area contributed by atoms with Crippen molar-refractivity contribution in [3.63, 3.8) is 0 Å². The number of hydrogen-bond donors (Lipinski definition) is 2. The number of carbonyl (C=O) groups is 2. The van der Waals surface area contributed by atoms with Gasteiger partial charge >= 0.3 is 5.97 Å². The molecule has 0 aliphatic carbocycles. The van der Waals surface area contributed by atoms with Gasteiger partial charge in [-0.15, -0.1) is 0 Å². The van der Waals surface area contributed by atoms with Gasteiger partial charge in [-0.3, -0.25) is 9.59 Å². The van der Waals surface area contributed by atoms with Crippen LogP contribution in [0, 0.1) is 12.8 Å². The van der Waals surface area contributed by atoms with E-state index in [0.717, 1.165) is 5.56 Å². The van der Waals surface area contributed by atoms with Crippen molar-refractivity contribution in [2.75, 3.05) is 14.2 Å². The number of ether oxygens (including phenoxy) is 3. The number of para-hydroxylation sites is 1. The molecule has 1 amide bonds. The van der Waals surface area contributed by atoms with Crippen molar-refractivity contribution in [1.29, 1.82) is 0 Å². The van der Waals surface area contributed by atoms with E-state index in [1.165, 1.54) is 14.2 Å². The number of nitrogens with one attached hydrogen (secondary N) is 2. The summed E-state index contributed by atoms with van der Waals surface area (Å²) >= 11 is 0. The van der Waals surface area contributed by atoms with Crippen LogP contribution in [0.4, 0.5) is 0 Å². The fourth-order valence-electron chi connectivity index (χ4n) is 3.31. The molecule has 0 spiro atoms. The molecule has 0 aliphatic heterocycles.